The summed E-state index contributed by atoms with van der Waals surface area (Å²) in [6.07, 6.45) is 14.3. The maximum Gasteiger partial charge on any atom is 0.104 e. The van der Waals surface area contributed by atoms with Crippen LogP contribution in [0.25, 0.3) is 0 Å². The molecule has 0 spiro atoms. The quantitative estimate of drug-likeness (QED) is 0.325. The summed E-state index contributed by atoms with van der Waals surface area (Å²) in [6, 6.07) is 10.9. The number of benzene rings is 1. The molecule has 0 saturated heterocycles. The van der Waals surface area contributed by atoms with Gasteiger partial charge >= 0.3 is 0 Å². The van der Waals surface area contributed by atoms with Crippen molar-refractivity contribution < 1.29 is 14.4 Å². The van der Waals surface area contributed by atoms with E-state index in [9.17, 15) is 9.90 Å². The van der Waals surface area contributed by atoms with Crippen LogP contribution in [0.2, 0.25) is 0 Å². The Hall–Kier alpha value is -1.35. The molecule has 0 aromatic heterocycles. The maximum atomic E-state index is 9.26. The van der Waals surface area contributed by atoms with Crippen LogP contribution in [0, 0.1) is 0 Å². The lowest BCUT2D eigenvalue weighted by atomic mass is 10.1. The number of carbonyl (C=O) groups is 1. The molecule has 0 aliphatic carbocycles. The van der Waals surface area contributed by atoms with Crippen molar-refractivity contribution in [2.24, 2.45) is 0 Å². The number of unbranched alkanes of at least 4 members (excludes halogenated alkanes) is 9. The molecule has 0 fully saturated rings. The number of carboxylic acids is 1. The van der Waals surface area contributed by atoms with Crippen molar-refractivity contribution in [3.05, 3.63) is 35.9 Å². The van der Waals surface area contributed by atoms with Crippen molar-refractivity contribution in [2.75, 3.05) is 20.6 Å². The molecule has 3 nitrogen and oxygen atoms in total. The molecule has 0 aliphatic heterocycles. The maximum absolute atomic E-state index is 9.26. The van der Waals surface area contributed by atoms with Crippen molar-refractivity contribution in [1.82, 2.24) is 0 Å². The minimum absolute atomic E-state index is 0.111. The smallest absolute Gasteiger partial charge is 0.104 e. The van der Waals surface area contributed by atoms with Gasteiger partial charge in [-0.25, -0.2) is 0 Å². The molecular formula is C24H43NO2. The van der Waals surface area contributed by atoms with Gasteiger partial charge in [-0.15, -0.1) is 0 Å². The molecule has 0 N–H and O–H groups in total. The largest absolute Gasteiger partial charge is 0.550 e. The van der Waals surface area contributed by atoms with Gasteiger partial charge in [-0.1, -0.05) is 95.5 Å². The van der Waals surface area contributed by atoms with Crippen LogP contribution in [0.3, 0.4) is 0 Å². The number of carbonyl (C=O) groups excluding carboxylic acids is 1. The standard InChI is InChI=1S/C21H38N.C3H6O2/c1-4-5-6-7-8-9-10-11-12-16-19-22(2,3)20-21-17-14-13-15-18-21;1-2-3(4)5/h13-15,17-18H,4-12,16,19-20H2,1-3H3;2H2,1H3,(H,4,5)/q+1;/p-1. The first kappa shape index (κ1) is 25.6. The predicted molar refractivity (Wildman–Crippen MR) is 114 cm³/mol. The summed E-state index contributed by atoms with van der Waals surface area (Å²) >= 11 is 0. The van der Waals surface area contributed by atoms with Crippen LogP contribution in [-0.4, -0.2) is 31.1 Å². The molecule has 0 radical (unpaired) electrons. The number of quaternary nitrogens is 1. The van der Waals surface area contributed by atoms with Gasteiger partial charge in [0, 0.05) is 11.5 Å². The van der Waals surface area contributed by atoms with Crippen molar-refractivity contribution in [1.29, 1.82) is 0 Å². The predicted octanol–water partition coefficient (Wildman–Crippen LogP) is 5.33. The normalized spacial score (nSPS) is 11.0. The lowest BCUT2D eigenvalue weighted by Gasteiger charge is -2.30. The van der Waals surface area contributed by atoms with E-state index >= 15 is 0 Å². The molecule has 0 bridgehead atoms. The third-order valence-electron chi connectivity index (χ3n) is 4.86. The number of nitrogens with zero attached hydrogens (tertiary/aromatic N) is 1. The fourth-order valence-electron chi connectivity index (χ4n) is 3.18. The highest BCUT2D eigenvalue weighted by molar-refractivity contribution is 5.63. The SMILES string of the molecule is CCC(=O)[O-].CCCCCCCCCCCC[N+](C)(C)Cc1ccccc1. The zero-order valence-corrected chi connectivity index (χ0v) is 18.3. The second kappa shape index (κ2) is 16.8. The first-order valence-electron chi connectivity index (χ1n) is 11.0. The highest BCUT2D eigenvalue weighted by Crippen LogP contribution is 2.13. The monoisotopic (exact) mass is 377 g/mol. The van der Waals surface area contributed by atoms with Crippen molar-refractivity contribution in [3.8, 4) is 0 Å². The van der Waals surface area contributed by atoms with E-state index in [0.29, 0.717) is 0 Å². The molecule has 3 heteroatoms. The van der Waals surface area contributed by atoms with Crippen LogP contribution in [0.1, 0.15) is 90.0 Å². The van der Waals surface area contributed by atoms with Crippen molar-refractivity contribution in [2.45, 2.75) is 91.0 Å². The van der Waals surface area contributed by atoms with Crippen LogP contribution in [0.4, 0.5) is 0 Å². The lowest BCUT2D eigenvalue weighted by molar-refractivity contribution is -0.903. The van der Waals surface area contributed by atoms with Gasteiger partial charge in [-0.3, -0.25) is 0 Å². The molecule has 1 aromatic rings. The molecule has 1 aromatic carbocycles. The molecule has 156 valence electrons. The first-order valence-corrected chi connectivity index (χ1v) is 11.0. The van der Waals surface area contributed by atoms with E-state index in [-0.39, 0.29) is 6.42 Å². The van der Waals surface area contributed by atoms with Crippen LogP contribution < -0.4 is 5.11 Å². The molecule has 1 rings (SSSR count). The highest BCUT2D eigenvalue weighted by Gasteiger charge is 2.14. The average Bonchev–Trinajstić information content (AvgIpc) is 2.64. The molecular weight excluding hydrogens is 334 g/mol. The second-order valence-electron chi connectivity index (χ2n) is 8.21. The summed E-state index contributed by atoms with van der Waals surface area (Å²) in [6.45, 7) is 6.27. The van der Waals surface area contributed by atoms with Crippen molar-refractivity contribution >= 4 is 5.97 Å². The van der Waals surface area contributed by atoms with Gasteiger partial charge < -0.3 is 14.4 Å². The third kappa shape index (κ3) is 17.8. The molecule has 0 amide bonds. The summed E-state index contributed by atoms with van der Waals surface area (Å²) in [5.41, 5.74) is 1.46. The highest BCUT2D eigenvalue weighted by atomic mass is 16.4. The Bertz CT molecular complexity index is 457. The van der Waals surface area contributed by atoms with Crippen LogP contribution in [0.5, 0.6) is 0 Å². The average molecular weight is 378 g/mol. The van der Waals surface area contributed by atoms with Crippen LogP contribution in [-0.2, 0) is 11.3 Å². The molecule has 0 heterocycles. The first-order chi connectivity index (χ1) is 12.9. The Morgan fingerprint density at radius 3 is 1.70 bits per heavy atom. The second-order valence-corrected chi connectivity index (χ2v) is 8.21. The summed E-state index contributed by atoms with van der Waals surface area (Å²) in [4.78, 5) is 9.26. The van der Waals surface area contributed by atoms with E-state index in [2.05, 4.69) is 51.4 Å². The van der Waals surface area contributed by atoms with Gasteiger partial charge in [0.05, 0.1) is 20.6 Å². The van der Waals surface area contributed by atoms with Gasteiger partial charge in [0.15, 0.2) is 0 Å². The Kier molecular flexibility index (Phi) is 16.0. The summed E-state index contributed by atoms with van der Waals surface area (Å²) < 4.78 is 1.11. The van der Waals surface area contributed by atoms with Gasteiger partial charge in [-0.05, 0) is 19.3 Å². The summed E-state index contributed by atoms with van der Waals surface area (Å²) in [7, 11) is 4.72. The Labute approximate surface area is 168 Å². The number of hydrogen-bond acceptors (Lipinski definition) is 2. The van der Waals surface area contributed by atoms with Crippen LogP contribution >= 0.6 is 0 Å². The van der Waals surface area contributed by atoms with Crippen LogP contribution in [0.15, 0.2) is 30.3 Å². The molecule has 0 atom stereocenters. The zero-order valence-electron chi connectivity index (χ0n) is 18.3. The molecule has 27 heavy (non-hydrogen) atoms. The minimum atomic E-state index is -0.995. The lowest BCUT2D eigenvalue weighted by Crippen LogP contribution is -2.39. The molecule has 0 aliphatic rings. The number of aliphatic carboxylic acids is 1. The van der Waals surface area contributed by atoms with Crippen molar-refractivity contribution in [3.63, 3.8) is 0 Å². The Morgan fingerprint density at radius 2 is 1.26 bits per heavy atom. The van der Waals surface area contributed by atoms with E-state index < -0.39 is 5.97 Å². The molecule has 0 unspecified atom stereocenters. The summed E-state index contributed by atoms with van der Waals surface area (Å²) in [5, 5.41) is 9.26. The van der Waals surface area contributed by atoms with Gasteiger partial charge in [0.25, 0.3) is 0 Å². The van der Waals surface area contributed by atoms with E-state index in [1.54, 1.807) is 0 Å². The summed E-state index contributed by atoms with van der Waals surface area (Å²) in [5.74, 6) is -0.995. The molecule has 0 saturated carbocycles. The minimum Gasteiger partial charge on any atom is -0.550 e. The fraction of sp³-hybridized carbons (Fsp3) is 0.708. The fourth-order valence-corrected chi connectivity index (χ4v) is 3.18. The van der Waals surface area contributed by atoms with Gasteiger partial charge in [-0.2, -0.15) is 0 Å². The zero-order chi connectivity index (χ0) is 20.4. The van der Waals surface area contributed by atoms with E-state index in [1.165, 1.54) is 83.2 Å². The Morgan fingerprint density at radius 1 is 0.815 bits per heavy atom. The van der Waals surface area contributed by atoms with E-state index in [1.807, 2.05) is 0 Å². The number of hydrogen-bond donors (Lipinski definition) is 0. The van der Waals surface area contributed by atoms with E-state index in [0.717, 1.165) is 11.0 Å². The van der Waals surface area contributed by atoms with Gasteiger partial charge in [0.1, 0.15) is 6.54 Å². The Balaban J connectivity index is 0.00000119. The number of carboxylic acid groups (broad SMARTS) is 1. The number of rotatable bonds is 14. The third-order valence-corrected chi connectivity index (χ3v) is 4.86. The topological polar surface area (TPSA) is 40.1 Å². The van der Waals surface area contributed by atoms with Gasteiger partial charge in [0.2, 0.25) is 0 Å². The van der Waals surface area contributed by atoms with E-state index in [4.69, 9.17) is 0 Å².